The second-order valence-electron chi connectivity index (χ2n) is 8.51. The van der Waals surface area contributed by atoms with E-state index in [1.165, 1.54) is 43.4 Å². The van der Waals surface area contributed by atoms with E-state index in [-0.39, 0.29) is 62.2 Å². The molecule has 202 valence electrons. The number of nitrogens with zero attached hydrogens (tertiary/aromatic N) is 2. The molecule has 0 saturated heterocycles. The topological polar surface area (TPSA) is 111 Å². The molecule has 0 aliphatic rings. The number of carbonyl (C=O) groups excluding carboxylic acids is 2. The van der Waals surface area contributed by atoms with E-state index in [2.05, 4.69) is 10.6 Å². The van der Waals surface area contributed by atoms with Crippen LogP contribution < -0.4 is 26.6 Å². The average Bonchev–Trinajstić information content (AvgIpc) is 2.89. The summed E-state index contributed by atoms with van der Waals surface area (Å²) in [6.45, 7) is 1.71. The number of rotatable bonds is 7. The zero-order valence-corrected chi connectivity index (χ0v) is 22.6. The number of carbonyl (C=O) groups is 2. The van der Waals surface area contributed by atoms with Crippen molar-refractivity contribution in [3.63, 3.8) is 0 Å². The van der Waals surface area contributed by atoms with Crippen LogP contribution in [-0.4, -0.2) is 28.1 Å². The van der Waals surface area contributed by atoms with Crippen LogP contribution in [0.3, 0.4) is 0 Å². The second kappa shape index (κ2) is 11.4. The number of benzene rings is 3. The number of anilines is 1. The number of ether oxygens (including phenoxy) is 1. The molecule has 0 aliphatic heterocycles. The Hall–Kier alpha value is -3.99. The van der Waals surface area contributed by atoms with Gasteiger partial charge in [0.2, 0.25) is 0 Å². The molecule has 0 aliphatic carbocycles. The van der Waals surface area contributed by atoms with E-state index in [0.717, 1.165) is 15.2 Å². The number of halogens is 3. The van der Waals surface area contributed by atoms with Crippen LogP contribution >= 0.6 is 23.2 Å². The van der Waals surface area contributed by atoms with Gasteiger partial charge >= 0.3 is 11.7 Å². The quantitative estimate of drug-likeness (QED) is 0.250. The Balaban J connectivity index is 1.97. The van der Waals surface area contributed by atoms with Gasteiger partial charge in [-0.3, -0.25) is 19.0 Å². The largest absolute Gasteiger partial charge is 0.422 e. The molecule has 0 unspecified atom stereocenters. The van der Waals surface area contributed by atoms with Crippen LogP contribution in [0.1, 0.15) is 29.3 Å². The van der Waals surface area contributed by atoms with Gasteiger partial charge in [-0.25, -0.2) is 13.8 Å². The van der Waals surface area contributed by atoms with Gasteiger partial charge in [-0.05, 0) is 43.4 Å². The fraction of sp³-hybridized carbons (Fsp3) is 0.185. The molecule has 4 aromatic rings. The molecule has 3 aromatic carbocycles. The minimum atomic E-state index is -0.820. The molecule has 0 atom stereocenters. The van der Waals surface area contributed by atoms with E-state index < -0.39 is 28.9 Å². The number of para-hydroxylation sites is 1. The van der Waals surface area contributed by atoms with Crippen molar-refractivity contribution in [3.05, 3.63) is 96.4 Å². The molecule has 0 radical (unpaired) electrons. The maximum absolute atomic E-state index is 14.6. The van der Waals surface area contributed by atoms with Crippen molar-refractivity contribution < 1.29 is 18.7 Å². The van der Waals surface area contributed by atoms with Crippen LogP contribution in [0.2, 0.25) is 10.0 Å². The lowest BCUT2D eigenvalue weighted by Gasteiger charge is -2.18. The Morgan fingerprint density at radius 2 is 1.72 bits per heavy atom. The number of nitrogens with one attached hydrogen (secondary N) is 2. The van der Waals surface area contributed by atoms with Crippen molar-refractivity contribution in [1.29, 1.82) is 0 Å². The SMILES string of the molecule is CCC(=O)Oc1c(NC(=O)c2c(Cl)cccc2Cl)cccc1-n1c(=O)c2cc(CNC)c(F)cc2n(C)c1=O. The molecule has 12 heteroatoms. The molecular formula is C27H23Cl2FN4O5. The highest BCUT2D eigenvalue weighted by Crippen LogP contribution is 2.33. The predicted octanol–water partition coefficient (Wildman–Crippen LogP) is 4.42. The summed E-state index contributed by atoms with van der Waals surface area (Å²) in [7, 11) is 3.02. The second-order valence-corrected chi connectivity index (χ2v) is 9.32. The summed E-state index contributed by atoms with van der Waals surface area (Å²) in [6.07, 6.45) is -0.0324. The van der Waals surface area contributed by atoms with Crippen molar-refractivity contribution >= 4 is 51.7 Å². The van der Waals surface area contributed by atoms with Crippen LogP contribution in [0.25, 0.3) is 16.6 Å². The summed E-state index contributed by atoms with van der Waals surface area (Å²) in [4.78, 5) is 52.6. The first-order valence-corrected chi connectivity index (χ1v) is 12.5. The summed E-state index contributed by atoms with van der Waals surface area (Å²) in [5.41, 5.74) is -1.41. The van der Waals surface area contributed by atoms with Crippen LogP contribution in [0.5, 0.6) is 5.75 Å². The van der Waals surface area contributed by atoms with Crippen LogP contribution in [0.15, 0.2) is 58.1 Å². The Kier molecular flexibility index (Phi) is 8.19. The molecule has 0 fully saturated rings. The summed E-state index contributed by atoms with van der Waals surface area (Å²) in [5.74, 6) is -2.21. The summed E-state index contributed by atoms with van der Waals surface area (Å²) >= 11 is 12.3. The summed E-state index contributed by atoms with van der Waals surface area (Å²) in [5, 5.41) is 5.68. The molecular weight excluding hydrogens is 550 g/mol. The van der Waals surface area contributed by atoms with E-state index >= 15 is 0 Å². The molecule has 1 heterocycles. The highest BCUT2D eigenvalue weighted by molar-refractivity contribution is 6.40. The standard InChI is InChI=1S/C27H23Cl2FN4O5/c1-4-22(35)39-24-19(32-25(36)23-16(28)7-5-8-17(23)29)9-6-10-20(24)34-26(37)15-11-14(13-31-2)18(30)12-21(15)33(3)27(34)38/h5-12,31H,4,13H2,1-3H3,(H,32,36). The molecule has 9 nitrogen and oxygen atoms in total. The first-order valence-electron chi connectivity index (χ1n) is 11.8. The number of aromatic nitrogens is 2. The number of fused-ring (bicyclic) bond motifs is 1. The highest BCUT2D eigenvalue weighted by Gasteiger charge is 2.23. The lowest BCUT2D eigenvalue weighted by atomic mass is 10.1. The van der Waals surface area contributed by atoms with Gasteiger partial charge in [-0.1, -0.05) is 42.3 Å². The molecule has 39 heavy (non-hydrogen) atoms. The van der Waals surface area contributed by atoms with Gasteiger partial charge in [0.25, 0.3) is 11.5 Å². The van der Waals surface area contributed by atoms with E-state index in [1.54, 1.807) is 20.0 Å². The van der Waals surface area contributed by atoms with Crippen molar-refractivity contribution in [2.24, 2.45) is 7.05 Å². The number of esters is 1. The van der Waals surface area contributed by atoms with Crippen molar-refractivity contribution in [1.82, 2.24) is 14.5 Å². The van der Waals surface area contributed by atoms with Gasteiger partial charge in [0.1, 0.15) is 5.82 Å². The van der Waals surface area contributed by atoms with Gasteiger partial charge in [0.15, 0.2) is 5.75 Å². The normalized spacial score (nSPS) is 11.0. The summed E-state index contributed by atoms with van der Waals surface area (Å²) < 4.78 is 22.1. The fourth-order valence-electron chi connectivity index (χ4n) is 4.05. The first kappa shape index (κ1) is 28.0. The average molecular weight is 573 g/mol. The zero-order valence-electron chi connectivity index (χ0n) is 21.1. The van der Waals surface area contributed by atoms with Gasteiger partial charge < -0.3 is 15.4 Å². The molecule has 0 saturated carbocycles. The minimum absolute atomic E-state index is 0.0145. The number of amides is 1. The third kappa shape index (κ3) is 5.31. The molecule has 4 rings (SSSR count). The maximum atomic E-state index is 14.6. The van der Waals surface area contributed by atoms with Gasteiger partial charge in [-0.15, -0.1) is 0 Å². The third-order valence-corrected chi connectivity index (χ3v) is 6.61. The van der Waals surface area contributed by atoms with Crippen LogP contribution in [0.4, 0.5) is 10.1 Å². The zero-order chi connectivity index (χ0) is 28.4. The van der Waals surface area contributed by atoms with E-state index in [9.17, 15) is 23.6 Å². The number of hydrogen-bond donors (Lipinski definition) is 2. The van der Waals surface area contributed by atoms with Crippen molar-refractivity contribution in [3.8, 4) is 11.4 Å². The molecule has 1 aromatic heterocycles. The van der Waals surface area contributed by atoms with E-state index in [0.29, 0.717) is 0 Å². The monoisotopic (exact) mass is 572 g/mol. The first-order chi connectivity index (χ1) is 18.6. The fourth-order valence-corrected chi connectivity index (χ4v) is 4.62. The smallest absolute Gasteiger partial charge is 0.335 e. The van der Waals surface area contributed by atoms with Crippen molar-refractivity contribution in [2.75, 3.05) is 12.4 Å². The van der Waals surface area contributed by atoms with Gasteiger partial charge in [0.05, 0.1) is 37.9 Å². The van der Waals surface area contributed by atoms with Crippen molar-refractivity contribution in [2.45, 2.75) is 19.9 Å². The number of aryl methyl sites for hydroxylation is 1. The van der Waals surface area contributed by atoms with E-state index in [1.807, 2.05) is 0 Å². The molecule has 0 spiro atoms. The lowest BCUT2D eigenvalue weighted by Crippen LogP contribution is -2.38. The highest BCUT2D eigenvalue weighted by atomic mass is 35.5. The Bertz CT molecular complexity index is 1730. The molecule has 0 bridgehead atoms. The lowest BCUT2D eigenvalue weighted by molar-refractivity contribution is -0.133. The number of hydrogen-bond acceptors (Lipinski definition) is 6. The summed E-state index contributed by atoms with van der Waals surface area (Å²) in [6, 6.07) is 11.3. The molecule has 1 amide bonds. The van der Waals surface area contributed by atoms with Crippen LogP contribution in [0, 0.1) is 5.82 Å². The third-order valence-electron chi connectivity index (χ3n) is 5.98. The van der Waals surface area contributed by atoms with Crippen LogP contribution in [-0.2, 0) is 18.4 Å². The molecule has 2 N–H and O–H groups in total. The Morgan fingerprint density at radius 1 is 1.05 bits per heavy atom. The Labute approximate surface area is 231 Å². The van der Waals surface area contributed by atoms with E-state index in [4.69, 9.17) is 27.9 Å². The van der Waals surface area contributed by atoms with Gasteiger partial charge in [0, 0.05) is 25.6 Å². The predicted molar refractivity (Wildman–Crippen MR) is 148 cm³/mol. The minimum Gasteiger partial charge on any atom is -0.422 e. The Morgan fingerprint density at radius 3 is 2.36 bits per heavy atom. The van der Waals surface area contributed by atoms with Gasteiger partial charge in [-0.2, -0.15) is 0 Å². The maximum Gasteiger partial charge on any atom is 0.335 e.